The summed E-state index contributed by atoms with van der Waals surface area (Å²) in [5.41, 5.74) is 14.2. The molecule has 1 saturated heterocycles. The van der Waals surface area contributed by atoms with Crippen molar-refractivity contribution < 1.29 is 53.8 Å². The van der Waals surface area contributed by atoms with Crippen LogP contribution in [0.3, 0.4) is 0 Å². The van der Waals surface area contributed by atoms with Gasteiger partial charge in [0.15, 0.2) is 23.3 Å². The number of imidazole rings is 1. The van der Waals surface area contributed by atoms with Crippen LogP contribution in [0.1, 0.15) is 147 Å². The molecule has 0 bridgehead atoms. The van der Waals surface area contributed by atoms with Gasteiger partial charge in [-0.25, -0.2) is 31.3 Å². The van der Waals surface area contributed by atoms with E-state index in [0.717, 1.165) is 98.9 Å². The third-order valence-corrected chi connectivity index (χ3v) is 11.0. The first-order valence-electron chi connectivity index (χ1n) is 28.4. The smallest absolute Gasteiger partial charge is 0.355 e. The number of piperazine rings is 1. The van der Waals surface area contributed by atoms with Crippen LogP contribution in [0, 0.1) is 24.0 Å². The van der Waals surface area contributed by atoms with Crippen LogP contribution < -0.4 is 11.5 Å². The summed E-state index contributed by atoms with van der Waals surface area (Å²) in [6.45, 7) is 36.4. The van der Waals surface area contributed by atoms with Crippen LogP contribution in [0.15, 0.2) is 119 Å². The number of halogens is 9. The minimum atomic E-state index is -4.67. The van der Waals surface area contributed by atoms with Crippen LogP contribution in [0.5, 0.6) is 0 Å². The summed E-state index contributed by atoms with van der Waals surface area (Å²) in [6.07, 6.45) is 19.7. The molecular weight excluding hydrogens is 1090 g/mol. The van der Waals surface area contributed by atoms with Crippen molar-refractivity contribution in [2.24, 2.45) is 16.5 Å². The predicted molar refractivity (Wildman–Crippen MR) is 326 cm³/mol. The van der Waals surface area contributed by atoms with Crippen LogP contribution in [-0.4, -0.2) is 112 Å². The van der Waals surface area contributed by atoms with Gasteiger partial charge in [0.2, 0.25) is 12.3 Å². The Morgan fingerprint density at radius 1 is 0.940 bits per heavy atom. The minimum absolute atomic E-state index is 0.0180. The van der Waals surface area contributed by atoms with Gasteiger partial charge in [-0.1, -0.05) is 137 Å². The number of aryl methyl sites for hydroxylation is 1. The van der Waals surface area contributed by atoms with E-state index in [2.05, 4.69) is 43.1 Å². The second-order valence-electron chi connectivity index (χ2n) is 16.9. The van der Waals surface area contributed by atoms with Crippen molar-refractivity contribution in [2.45, 2.75) is 180 Å². The number of rotatable bonds is 10. The summed E-state index contributed by atoms with van der Waals surface area (Å²) < 4.78 is 116. The zero-order valence-corrected chi connectivity index (χ0v) is 51.9. The average Bonchev–Trinajstić information content (AvgIpc) is 4.16. The van der Waals surface area contributed by atoms with E-state index in [1.807, 2.05) is 101 Å². The number of carbonyl (C=O) groups excluding carboxylic acids is 2. The fourth-order valence-corrected chi connectivity index (χ4v) is 6.78. The summed E-state index contributed by atoms with van der Waals surface area (Å²) in [6, 6.07) is 3.99. The first-order valence-corrected chi connectivity index (χ1v) is 28.4. The molecular formula is C63H97F9N8O3. The molecule has 20 heteroatoms. The van der Waals surface area contributed by atoms with Crippen molar-refractivity contribution in [2.75, 3.05) is 39.3 Å². The Morgan fingerprint density at radius 2 is 1.54 bits per heavy atom. The number of carbonyl (C=O) groups is 2. The summed E-state index contributed by atoms with van der Waals surface area (Å²) in [7, 11) is 0. The topological polar surface area (TPSA) is 135 Å². The lowest BCUT2D eigenvalue weighted by molar-refractivity contribution is -0.330. The summed E-state index contributed by atoms with van der Waals surface area (Å²) in [5, 5.41) is 0. The van der Waals surface area contributed by atoms with E-state index >= 15 is 0 Å². The average molecular weight is 1190 g/mol. The molecule has 2 aliphatic carbocycles. The molecule has 4 heterocycles. The number of alkyl halides is 4. The van der Waals surface area contributed by atoms with Crippen LogP contribution in [0.4, 0.5) is 39.5 Å². The summed E-state index contributed by atoms with van der Waals surface area (Å²) in [5.74, 6) is 0.0854. The number of amidine groups is 1. The number of nitrogens with zero attached hydrogens (tertiary/aromatic N) is 6. The SMILES string of the molecule is C#CC.C/C=C/c1cn2c(n1)CN(C=O)CC2.C=C(F)C(C)F.CC.CC.CC.CC.CC(=O)N1CCN2CC(C3=CC=CC(OC(F)(F)F)C=C3)N=C2C1.CCC(N)CCc1ccc(F)c(F)c1.CCC1=CC=C(F)C(F)=CC1.CCN. The highest BCUT2D eigenvalue weighted by molar-refractivity contribution is 5.90. The van der Waals surface area contributed by atoms with Gasteiger partial charge in [-0.15, -0.1) is 25.5 Å². The number of fused-ring (bicyclic) bond motifs is 2. The highest BCUT2D eigenvalue weighted by atomic mass is 19.4. The summed E-state index contributed by atoms with van der Waals surface area (Å²) in [4.78, 5) is 36.7. The van der Waals surface area contributed by atoms with Gasteiger partial charge in [-0.2, -0.15) is 0 Å². The Balaban J connectivity index is -0.000000465. The highest BCUT2D eigenvalue weighted by Crippen LogP contribution is 2.26. The Bertz CT molecular complexity index is 2400. The fraction of sp³-hybridized carbons (Fsp3) is 0.524. The molecule has 470 valence electrons. The van der Waals surface area contributed by atoms with E-state index in [1.165, 1.54) is 37.3 Å². The number of terminal acetylenes is 1. The van der Waals surface area contributed by atoms with Gasteiger partial charge in [0.05, 0.1) is 24.8 Å². The molecule has 83 heavy (non-hydrogen) atoms. The molecule has 0 spiro atoms. The van der Waals surface area contributed by atoms with E-state index < -0.39 is 47.8 Å². The molecule has 2 amide bonds. The molecule has 2 aromatic rings. The molecule has 0 saturated carbocycles. The number of hydrogen-bond donors (Lipinski definition) is 2. The molecule has 4 atom stereocenters. The Hall–Kier alpha value is -6.43. The molecule has 7 rings (SSSR count). The Kier molecular flexibility index (Phi) is 50.1. The van der Waals surface area contributed by atoms with Crippen LogP contribution in [0.2, 0.25) is 0 Å². The van der Waals surface area contributed by atoms with E-state index in [-0.39, 0.29) is 18.0 Å². The van der Waals surface area contributed by atoms with E-state index in [0.29, 0.717) is 39.0 Å². The van der Waals surface area contributed by atoms with Crippen LogP contribution in [-0.2, 0) is 33.8 Å². The number of ether oxygens (including phenoxy) is 1. The molecule has 3 aliphatic heterocycles. The van der Waals surface area contributed by atoms with E-state index in [9.17, 15) is 49.1 Å². The molecule has 11 nitrogen and oxygen atoms in total. The second kappa shape index (κ2) is 50.1. The van der Waals surface area contributed by atoms with Crippen molar-refractivity contribution in [3.63, 3.8) is 0 Å². The molecule has 5 aliphatic rings. The summed E-state index contributed by atoms with van der Waals surface area (Å²) >= 11 is 0. The maximum atomic E-state index is 12.8. The van der Waals surface area contributed by atoms with Crippen molar-refractivity contribution >= 4 is 24.2 Å². The van der Waals surface area contributed by atoms with Gasteiger partial charge in [0, 0.05) is 51.9 Å². The Morgan fingerprint density at radius 3 is 2.05 bits per heavy atom. The van der Waals surface area contributed by atoms with Gasteiger partial charge in [0.25, 0.3) is 0 Å². The van der Waals surface area contributed by atoms with Crippen molar-refractivity contribution in [3.8, 4) is 12.3 Å². The third kappa shape index (κ3) is 37.4. The predicted octanol–water partition coefficient (Wildman–Crippen LogP) is 15.4. The van der Waals surface area contributed by atoms with E-state index in [4.69, 9.17) is 11.5 Å². The maximum absolute atomic E-state index is 12.8. The van der Waals surface area contributed by atoms with Crippen LogP contribution >= 0.6 is 0 Å². The lowest BCUT2D eigenvalue weighted by Gasteiger charge is -2.33. The highest BCUT2D eigenvalue weighted by Gasteiger charge is 2.34. The minimum Gasteiger partial charge on any atom is -0.355 e. The normalized spacial score (nSPS) is 16.6. The third-order valence-electron chi connectivity index (χ3n) is 11.0. The maximum Gasteiger partial charge on any atom is 0.523 e. The van der Waals surface area contributed by atoms with Crippen molar-refractivity contribution in [3.05, 3.63) is 143 Å². The zero-order valence-electron chi connectivity index (χ0n) is 51.9. The quantitative estimate of drug-likeness (QED) is 0.137. The van der Waals surface area contributed by atoms with Gasteiger partial charge in [0.1, 0.15) is 29.8 Å². The molecule has 0 radical (unpaired) electrons. The second-order valence-corrected chi connectivity index (χ2v) is 16.9. The number of aromatic nitrogens is 2. The number of hydrogen-bond acceptors (Lipinski definition) is 8. The monoisotopic (exact) mass is 1180 g/mol. The molecule has 4 unspecified atom stereocenters. The van der Waals surface area contributed by atoms with Crippen molar-refractivity contribution in [1.29, 1.82) is 0 Å². The van der Waals surface area contributed by atoms with E-state index in [1.54, 1.807) is 47.1 Å². The number of aliphatic imine (C=N–C) groups is 1. The van der Waals surface area contributed by atoms with Crippen LogP contribution in [0.25, 0.3) is 6.08 Å². The number of allylic oxidation sites excluding steroid dienone is 10. The molecule has 4 N–H and O–H groups in total. The number of nitrogens with two attached hydrogens (primary N) is 2. The first-order chi connectivity index (χ1) is 39.5. The van der Waals surface area contributed by atoms with Gasteiger partial charge >= 0.3 is 6.36 Å². The van der Waals surface area contributed by atoms with Crippen molar-refractivity contribution in [1.82, 2.24) is 24.3 Å². The number of amides is 2. The Labute approximate surface area is 491 Å². The molecule has 1 fully saturated rings. The lowest BCUT2D eigenvalue weighted by atomic mass is 10.0. The lowest BCUT2D eigenvalue weighted by Crippen LogP contribution is -2.50. The van der Waals surface area contributed by atoms with Gasteiger partial charge in [-0.3, -0.25) is 19.3 Å². The van der Waals surface area contributed by atoms with Gasteiger partial charge in [-0.05, 0) is 101 Å². The molecule has 1 aromatic heterocycles. The number of benzene rings is 1. The zero-order chi connectivity index (χ0) is 64.7. The largest absolute Gasteiger partial charge is 0.523 e. The first kappa shape index (κ1) is 83.0. The standard InChI is InChI=1S/C16H18F3N3O2.C11H15F2N.C10H13N3O.C9H10F2.C4H6F2.C3H4.C2H7N.4C2H6/c1-11(23)21-7-8-22-9-14(20-15(22)10-21)12-3-2-4-13(6-5-12)24-16(17,18)19;1-2-9(14)5-3-8-4-6-10(12)11(13)7-8;1-2-3-9-6-13-5-4-12(8-14)7-10(13)11-9;1-2-7-3-5-8(10)9(11)6-4-7;1-3(5)4(2)6;1-3-2;1-2-3;4*1-2/h2-6,13-14H,7-10H2,1H3;4,6-7,9H,2-3,5,14H2,1H3;2-3,6,8H,4-5,7H2,1H3;3,5-6H,2,4H2,1H3;4H,1H2,2H3;1H,2H3;2-3H2,1H3;4*1-2H3/b;;3-2+;;;;;;;;. The van der Waals surface area contributed by atoms with Gasteiger partial charge < -0.3 is 30.7 Å². The fourth-order valence-electron chi connectivity index (χ4n) is 6.78. The molecule has 1 aromatic carbocycles.